The summed E-state index contributed by atoms with van der Waals surface area (Å²) >= 11 is 0. The van der Waals surface area contributed by atoms with Gasteiger partial charge in [-0.1, -0.05) is 24.3 Å². The summed E-state index contributed by atoms with van der Waals surface area (Å²) in [7, 11) is 3.55. The Morgan fingerprint density at radius 3 is 2.45 bits per heavy atom. The summed E-state index contributed by atoms with van der Waals surface area (Å²) in [6.07, 6.45) is 0.969. The molecule has 3 heteroatoms. The molecule has 0 heterocycles. The number of hydrogen-bond acceptors (Lipinski definition) is 2. The Morgan fingerprint density at radius 2 is 1.85 bits per heavy atom. The maximum Gasteiger partial charge on any atom is 0.126 e. The quantitative estimate of drug-likeness (QED) is 0.897. The van der Waals surface area contributed by atoms with Crippen molar-refractivity contribution in [2.45, 2.75) is 19.4 Å². The minimum Gasteiger partial charge on any atom is -0.496 e. The maximum absolute atomic E-state index is 13.4. The molecular formula is C17H20FNO. The van der Waals surface area contributed by atoms with Gasteiger partial charge in [-0.3, -0.25) is 0 Å². The molecule has 0 aliphatic heterocycles. The first-order chi connectivity index (χ1) is 9.63. The van der Waals surface area contributed by atoms with Gasteiger partial charge in [-0.25, -0.2) is 4.39 Å². The number of halogens is 1. The molecule has 20 heavy (non-hydrogen) atoms. The van der Waals surface area contributed by atoms with Crippen molar-refractivity contribution in [2.24, 2.45) is 0 Å². The topological polar surface area (TPSA) is 21.3 Å². The Labute approximate surface area is 119 Å². The zero-order valence-corrected chi connectivity index (χ0v) is 12.1. The van der Waals surface area contributed by atoms with E-state index in [2.05, 4.69) is 24.4 Å². The van der Waals surface area contributed by atoms with Crippen LogP contribution in [-0.4, -0.2) is 20.2 Å². The van der Waals surface area contributed by atoms with Crippen LogP contribution < -0.4 is 10.1 Å². The lowest BCUT2D eigenvalue weighted by atomic mass is 10.0. The number of rotatable bonds is 5. The fourth-order valence-corrected chi connectivity index (χ4v) is 2.18. The van der Waals surface area contributed by atoms with Gasteiger partial charge in [0.2, 0.25) is 0 Å². The molecule has 0 aliphatic carbocycles. The largest absolute Gasteiger partial charge is 0.496 e. The number of ether oxygens (including phenoxy) is 1. The molecule has 0 aromatic heterocycles. The molecule has 0 fully saturated rings. The lowest BCUT2D eigenvalue weighted by Gasteiger charge is -2.12. The Hall–Kier alpha value is -1.87. The molecule has 2 nitrogen and oxygen atoms in total. The van der Waals surface area contributed by atoms with Crippen LogP contribution in [-0.2, 0) is 6.42 Å². The average Bonchev–Trinajstić information content (AvgIpc) is 2.48. The molecule has 0 aliphatic rings. The maximum atomic E-state index is 13.4. The molecule has 2 aromatic carbocycles. The van der Waals surface area contributed by atoms with Crippen LogP contribution in [0.15, 0.2) is 42.5 Å². The second-order valence-electron chi connectivity index (χ2n) is 4.94. The molecule has 0 bridgehead atoms. The van der Waals surface area contributed by atoms with Crippen LogP contribution >= 0.6 is 0 Å². The van der Waals surface area contributed by atoms with Gasteiger partial charge in [-0.15, -0.1) is 0 Å². The number of nitrogens with one attached hydrogen (secondary N) is 1. The predicted molar refractivity (Wildman–Crippen MR) is 80.6 cm³/mol. The molecular weight excluding hydrogens is 253 g/mol. The van der Waals surface area contributed by atoms with E-state index in [1.165, 1.54) is 17.7 Å². The number of methoxy groups -OCH3 is 1. The molecule has 2 aromatic rings. The Balaban J connectivity index is 2.28. The number of benzene rings is 2. The first kappa shape index (κ1) is 14.5. The number of hydrogen-bond donors (Lipinski definition) is 1. The highest BCUT2D eigenvalue weighted by Gasteiger charge is 2.08. The fourth-order valence-electron chi connectivity index (χ4n) is 2.18. The van der Waals surface area contributed by atoms with Gasteiger partial charge in [-0.2, -0.15) is 0 Å². The van der Waals surface area contributed by atoms with Gasteiger partial charge in [-0.05, 0) is 49.7 Å². The minimum absolute atomic E-state index is 0.256. The Bertz CT molecular complexity index is 566. The van der Waals surface area contributed by atoms with Gasteiger partial charge in [0.1, 0.15) is 11.6 Å². The van der Waals surface area contributed by atoms with Crippen molar-refractivity contribution in [3.63, 3.8) is 0 Å². The molecule has 0 amide bonds. The summed E-state index contributed by atoms with van der Waals surface area (Å²) in [5.74, 6) is 0.427. The van der Waals surface area contributed by atoms with E-state index in [-0.39, 0.29) is 5.82 Å². The molecule has 106 valence electrons. The zero-order chi connectivity index (χ0) is 14.5. The van der Waals surface area contributed by atoms with E-state index in [0.717, 1.165) is 17.5 Å². The van der Waals surface area contributed by atoms with Gasteiger partial charge in [0.15, 0.2) is 0 Å². The van der Waals surface area contributed by atoms with Crippen molar-refractivity contribution in [2.75, 3.05) is 14.2 Å². The average molecular weight is 273 g/mol. The van der Waals surface area contributed by atoms with Crippen LogP contribution in [0.25, 0.3) is 11.1 Å². The van der Waals surface area contributed by atoms with E-state index in [4.69, 9.17) is 4.74 Å². The molecule has 1 N–H and O–H groups in total. The lowest BCUT2D eigenvalue weighted by Crippen LogP contribution is -2.23. The molecule has 2 rings (SSSR count). The van der Waals surface area contributed by atoms with Crippen molar-refractivity contribution < 1.29 is 9.13 Å². The van der Waals surface area contributed by atoms with E-state index in [1.54, 1.807) is 13.2 Å². The van der Waals surface area contributed by atoms with E-state index in [1.807, 2.05) is 19.2 Å². The third-order valence-corrected chi connectivity index (χ3v) is 3.46. The van der Waals surface area contributed by atoms with Crippen LogP contribution in [0, 0.1) is 5.82 Å². The first-order valence-electron chi connectivity index (χ1n) is 6.74. The van der Waals surface area contributed by atoms with Crippen LogP contribution in [0.1, 0.15) is 12.5 Å². The third kappa shape index (κ3) is 3.36. The molecule has 1 unspecified atom stereocenters. The monoisotopic (exact) mass is 273 g/mol. The van der Waals surface area contributed by atoms with Crippen molar-refractivity contribution in [1.29, 1.82) is 0 Å². The second-order valence-corrected chi connectivity index (χ2v) is 4.94. The standard InChI is InChI=1S/C17H20FNO/c1-12(19-2)10-13-4-6-14(7-5-13)16-11-15(18)8-9-17(16)20-3/h4-9,11-12,19H,10H2,1-3H3. The van der Waals surface area contributed by atoms with E-state index in [0.29, 0.717) is 11.8 Å². The van der Waals surface area contributed by atoms with E-state index < -0.39 is 0 Å². The smallest absolute Gasteiger partial charge is 0.126 e. The highest BCUT2D eigenvalue weighted by molar-refractivity contribution is 5.70. The normalized spacial score (nSPS) is 12.2. The molecule has 1 atom stereocenters. The first-order valence-corrected chi connectivity index (χ1v) is 6.74. The molecule has 0 radical (unpaired) electrons. The van der Waals surface area contributed by atoms with Crippen molar-refractivity contribution >= 4 is 0 Å². The summed E-state index contributed by atoms with van der Waals surface area (Å²) < 4.78 is 18.7. The number of likely N-dealkylation sites (N-methyl/N-ethyl adjacent to an activating group) is 1. The van der Waals surface area contributed by atoms with Gasteiger partial charge in [0.25, 0.3) is 0 Å². The summed E-state index contributed by atoms with van der Waals surface area (Å²) in [6.45, 7) is 2.14. The second kappa shape index (κ2) is 6.53. The Morgan fingerprint density at radius 1 is 1.15 bits per heavy atom. The van der Waals surface area contributed by atoms with Crippen molar-refractivity contribution in [1.82, 2.24) is 5.32 Å². The predicted octanol–water partition coefficient (Wildman–Crippen LogP) is 3.65. The van der Waals surface area contributed by atoms with Gasteiger partial charge < -0.3 is 10.1 Å². The van der Waals surface area contributed by atoms with Crippen LogP contribution in [0.4, 0.5) is 4.39 Å². The fraction of sp³-hybridized carbons (Fsp3) is 0.294. The summed E-state index contributed by atoms with van der Waals surface area (Å²) in [4.78, 5) is 0. The highest BCUT2D eigenvalue weighted by atomic mass is 19.1. The van der Waals surface area contributed by atoms with E-state index in [9.17, 15) is 4.39 Å². The van der Waals surface area contributed by atoms with Crippen molar-refractivity contribution in [3.05, 3.63) is 53.8 Å². The van der Waals surface area contributed by atoms with Crippen LogP contribution in [0.5, 0.6) is 5.75 Å². The molecule has 0 saturated carbocycles. The Kier molecular flexibility index (Phi) is 4.74. The van der Waals surface area contributed by atoms with Crippen molar-refractivity contribution in [3.8, 4) is 16.9 Å². The highest BCUT2D eigenvalue weighted by Crippen LogP contribution is 2.30. The van der Waals surface area contributed by atoms with Gasteiger partial charge in [0, 0.05) is 11.6 Å². The van der Waals surface area contributed by atoms with Gasteiger partial charge in [0.05, 0.1) is 7.11 Å². The van der Waals surface area contributed by atoms with Crippen LogP contribution in [0.2, 0.25) is 0 Å². The summed E-state index contributed by atoms with van der Waals surface area (Å²) in [5.41, 5.74) is 2.99. The summed E-state index contributed by atoms with van der Waals surface area (Å²) in [5, 5.41) is 3.22. The molecule has 0 saturated heterocycles. The SMILES string of the molecule is CNC(C)Cc1ccc(-c2cc(F)ccc2OC)cc1. The van der Waals surface area contributed by atoms with Gasteiger partial charge >= 0.3 is 0 Å². The minimum atomic E-state index is -0.256. The molecule has 0 spiro atoms. The zero-order valence-electron chi connectivity index (χ0n) is 12.1. The van der Waals surface area contributed by atoms with Crippen LogP contribution in [0.3, 0.4) is 0 Å². The summed E-state index contributed by atoms with van der Waals surface area (Å²) in [6, 6.07) is 13.2. The lowest BCUT2D eigenvalue weighted by molar-refractivity contribution is 0.415. The van der Waals surface area contributed by atoms with E-state index >= 15 is 0 Å². The third-order valence-electron chi connectivity index (χ3n) is 3.46.